The van der Waals surface area contributed by atoms with Crippen molar-refractivity contribution in [2.75, 3.05) is 0 Å². The molecule has 0 amide bonds. The van der Waals surface area contributed by atoms with Crippen molar-refractivity contribution < 1.29 is 5.11 Å². The highest BCUT2D eigenvalue weighted by Gasteiger charge is 2.08. The van der Waals surface area contributed by atoms with Gasteiger partial charge in [0.15, 0.2) is 0 Å². The van der Waals surface area contributed by atoms with E-state index in [0.717, 1.165) is 19.3 Å². The summed E-state index contributed by atoms with van der Waals surface area (Å²) in [6.45, 7) is 4.37. The molecule has 84 valence electrons. The van der Waals surface area contributed by atoms with Gasteiger partial charge in [0.25, 0.3) is 0 Å². The molecule has 0 radical (unpaired) electrons. The van der Waals surface area contributed by atoms with Gasteiger partial charge in [-0.1, -0.05) is 38.3 Å². The van der Waals surface area contributed by atoms with Crippen molar-refractivity contribution in [1.29, 1.82) is 0 Å². The second kappa shape index (κ2) is 6.09. The minimum absolute atomic E-state index is 0.457. The minimum Gasteiger partial charge on any atom is -0.387 e. The predicted molar refractivity (Wildman–Crippen MR) is 62.9 cm³/mol. The second-order valence-electron chi connectivity index (χ2n) is 4.24. The molecule has 0 saturated carbocycles. The molecular weight excluding hydrogens is 210 g/mol. The van der Waals surface area contributed by atoms with Crippen LogP contribution in [0.1, 0.15) is 44.9 Å². The number of pyridine rings is 1. The van der Waals surface area contributed by atoms with Crippen LogP contribution >= 0.6 is 11.6 Å². The zero-order chi connectivity index (χ0) is 11.3. The molecule has 0 spiro atoms. The van der Waals surface area contributed by atoms with E-state index >= 15 is 0 Å². The molecule has 1 N–H and O–H groups in total. The van der Waals surface area contributed by atoms with Crippen LogP contribution in [0.3, 0.4) is 0 Å². The molecule has 1 atom stereocenters. The summed E-state index contributed by atoms with van der Waals surface area (Å²) in [7, 11) is 0. The van der Waals surface area contributed by atoms with Gasteiger partial charge in [0.05, 0.1) is 16.8 Å². The summed E-state index contributed by atoms with van der Waals surface area (Å²) in [6, 6.07) is 3.54. The van der Waals surface area contributed by atoms with E-state index in [0.29, 0.717) is 16.6 Å². The zero-order valence-electron chi connectivity index (χ0n) is 9.28. The average Bonchev–Trinajstić information content (AvgIpc) is 2.18. The van der Waals surface area contributed by atoms with Crippen LogP contribution in [0.4, 0.5) is 0 Å². The molecule has 0 aliphatic rings. The fourth-order valence-electron chi connectivity index (χ4n) is 1.45. The maximum atomic E-state index is 9.82. The van der Waals surface area contributed by atoms with E-state index in [2.05, 4.69) is 18.8 Å². The molecular formula is C12H18ClNO. The average molecular weight is 228 g/mol. The van der Waals surface area contributed by atoms with Crippen molar-refractivity contribution in [3.63, 3.8) is 0 Å². The molecule has 0 aromatic carbocycles. The monoisotopic (exact) mass is 227 g/mol. The molecule has 0 saturated heterocycles. The van der Waals surface area contributed by atoms with Gasteiger partial charge in [-0.25, -0.2) is 0 Å². The normalized spacial score (nSPS) is 13.1. The Hall–Kier alpha value is -0.600. The van der Waals surface area contributed by atoms with Crippen LogP contribution in [-0.2, 0) is 0 Å². The smallest absolute Gasteiger partial charge is 0.0959 e. The van der Waals surface area contributed by atoms with E-state index in [-0.39, 0.29) is 0 Å². The molecule has 1 heterocycles. The van der Waals surface area contributed by atoms with E-state index < -0.39 is 6.10 Å². The molecule has 15 heavy (non-hydrogen) atoms. The van der Waals surface area contributed by atoms with Crippen molar-refractivity contribution in [1.82, 2.24) is 4.98 Å². The molecule has 0 bridgehead atoms. The van der Waals surface area contributed by atoms with Crippen molar-refractivity contribution in [3.05, 3.63) is 29.0 Å². The maximum absolute atomic E-state index is 9.82. The Morgan fingerprint density at radius 2 is 2.07 bits per heavy atom. The van der Waals surface area contributed by atoms with Crippen LogP contribution < -0.4 is 0 Å². The summed E-state index contributed by atoms with van der Waals surface area (Å²) < 4.78 is 0. The molecule has 0 fully saturated rings. The van der Waals surface area contributed by atoms with Gasteiger partial charge in [-0.3, -0.25) is 4.98 Å². The van der Waals surface area contributed by atoms with Gasteiger partial charge in [-0.2, -0.15) is 0 Å². The number of rotatable bonds is 5. The summed E-state index contributed by atoms with van der Waals surface area (Å²) in [5.41, 5.74) is 0.711. The highest BCUT2D eigenvalue weighted by atomic mass is 35.5. The van der Waals surface area contributed by atoms with Crippen molar-refractivity contribution in [2.24, 2.45) is 5.92 Å². The SMILES string of the molecule is CC(C)CCCC(O)c1ccc(Cl)cn1. The van der Waals surface area contributed by atoms with Crippen LogP contribution in [0.15, 0.2) is 18.3 Å². The molecule has 3 heteroatoms. The Labute approximate surface area is 96.3 Å². The maximum Gasteiger partial charge on any atom is 0.0959 e. The first-order valence-corrected chi connectivity index (χ1v) is 5.77. The molecule has 1 aromatic rings. The van der Waals surface area contributed by atoms with Gasteiger partial charge in [0, 0.05) is 6.20 Å². The van der Waals surface area contributed by atoms with Crippen molar-refractivity contribution in [2.45, 2.75) is 39.2 Å². The summed E-state index contributed by atoms with van der Waals surface area (Å²) in [5, 5.41) is 10.4. The lowest BCUT2D eigenvalue weighted by atomic mass is 10.0. The van der Waals surface area contributed by atoms with Gasteiger partial charge in [0.1, 0.15) is 0 Å². The highest BCUT2D eigenvalue weighted by molar-refractivity contribution is 6.30. The molecule has 0 aliphatic heterocycles. The Morgan fingerprint density at radius 3 is 2.60 bits per heavy atom. The van der Waals surface area contributed by atoms with Gasteiger partial charge in [-0.15, -0.1) is 0 Å². The molecule has 1 rings (SSSR count). The van der Waals surface area contributed by atoms with Crippen LogP contribution in [0.5, 0.6) is 0 Å². The first-order chi connectivity index (χ1) is 7.09. The third-order valence-electron chi connectivity index (χ3n) is 2.35. The van der Waals surface area contributed by atoms with E-state index in [9.17, 15) is 5.11 Å². The molecule has 1 aromatic heterocycles. The van der Waals surface area contributed by atoms with Gasteiger partial charge in [-0.05, 0) is 24.5 Å². The number of aliphatic hydroxyl groups excluding tert-OH is 1. The lowest BCUT2D eigenvalue weighted by Crippen LogP contribution is -2.00. The summed E-state index contributed by atoms with van der Waals surface area (Å²) in [4.78, 5) is 4.09. The van der Waals surface area contributed by atoms with Gasteiger partial charge >= 0.3 is 0 Å². The Kier molecular flexibility index (Phi) is 5.06. The fraction of sp³-hybridized carbons (Fsp3) is 0.583. The quantitative estimate of drug-likeness (QED) is 0.834. The first kappa shape index (κ1) is 12.5. The van der Waals surface area contributed by atoms with E-state index in [1.54, 1.807) is 18.3 Å². The lowest BCUT2D eigenvalue weighted by molar-refractivity contribution is 0.157. The number of hydrogen-bond donors (Lipinski definition) is 1. The Balaban J connectivity index is 2.40. The second-order valence-corrected chi connectivity index (χ2v) is 4.68. The molecule has 1 unspecified atom stereocenters. The first-order valence-electron chi connectivity index (χ1n) is 5.39. The third-order valence-corrected chi connectivity index (χ3v) is 2.57. The van der Waals surface area contributed by atoms with Gasteiger partial charge in [0.2, 0.25) is 0 Å². The van der Waals surface area contributed by atoms with Crippen LogP contribution in [-0.4, -0.2) is 10.1 Å². The minimum atomic E-state index is -0.457. The van der Waals surface area contributed by atoms with Crippen LogP contribution in [0.2, 0.25) is 5.02 Å². The van der Waals surface area contributed by atoms with E-state index in [1.807, 2.05) is 0 Å². The Bertz CT molecular complexity index is 284. The summed E-state index contributed by atoms with van der Waals surface area (Å²) >= 11 is 5.72. The van der Waals surface area contributed by atoms with Crippen LogP contribution in [0.25, 0.3) is 0 Å². The summed E-state index contributed by atoms with van der Waals surface area (Å²) in [5.74, 6) is 0.690. The number of aliphatic hydroxyl groups is 1. The fourth-order valence-corrected chi connectivity index (χ4v) is 1.56. The van der Waals surface area contributed by atoms with Crippen molar-refractivity contribution >= 4 is 11.6 Å². The standard InChI is InChI=1S/C12H18ClNO/c1-9(2)4-3-5-12(15)11-7-6-10(13)8-14-11/h6-9,12,15H,3-5H2,1-2H3. The number of aromatic nitrogens is 1. The van der Waals surface area contributed by atoms with Gasteiger partial charge < -0.3 is 5.11 Å². The molecule has 0 aliphatic carbocycles. The van der Waals surface area contributed by atoms with E-state index in [4.69, 9.17) is 11.6 Å². The molecule has 2 nitrogen and oxygen atoms in total. The number of hydrogen-bond acceptors (Lipinski definition) is 2. The highest BCUT2D eigenvalue weighted by Crippen LogP contribution is 2.19. The lowest BCUT2D eigenvalue weighted by Gasteiger charge is -2.10. The zero-order valence-corrected chi connectivity index (χ0v) is 10.0. The topological polar surface area (TPSA) is 33.1 Å². The largest absolute Gasteiger partial charge is 0.387 e. The number of nitrogens with zero attached hydrogens (tertiary/aromatic N) is 1. The predicted octanol–water partition coefficient (Wildman–Crippen LogP) is 3.59. The van der Waals surface area contributed by atoms with E-state index in [1.165, 1.54) is 0 Å². The number of halogens is 1. The third kappa shape index (κ3) is 4.63. The Morgan fingerprint density at radius 1 is 1.33 bits per heavy atom. The summed E-state index contributed by atoms with van der Waals surface area (Å²) in [6.07, 6.45) is 4.06. The van der Waals surface area contributed by atoms with Crippen LogP contribution in [0, 0.1) is 5.92 Å². The van der Waals surface area contributed by atoms with Crippen molar-refractivity contribution in [3.8, 4) is 0 Å².